The molecule has 0 saturated carbocycles. The molecule has 4 heteroatoms. The van der Waals surface area contributed by atoms with Crippen molar-refractivity contribution in [1.29, 1.82) is 0 Å². The van der Waals surface area contributed by atoms with Crippen LogP contribution in [0.4, 0.5) is 0 Å². The lowest BCUT2D eigenvalue weighted by atomic mass is 9.92. The van der Waals surface area contributed by atoms with E-state index in [-0.39, 0.29) is 12.7 Å². The van der Waals surface area contributed by atoms with Gasteiger partial charge >= 0.3 is 0 Å². The van der Waals surface area contributed by atoms with Crippen LogP contribution in [-0.4, -0.2) is 42.2 Å². The summed E-state index contributed by atoms with van der Waals surface area (Å²) in [5.41, 5.74) is 2.01. The van der Waals surface area contributed by atoms with Crippen LogP contribution in [0, 0.1) is 0 Å². The van der Waals surface area contributed by atoms with E-state index in [9.17, 15) is 10.2 Å². The van der Waals surface area contributed by atoms with Gasteiger partial charge < -0.3 is 20.3 Å². The van der Waals surface area contributed by atoms with E-state index >= 15 is 0 Å². The van der Waals surface area contributed by atoms with Gasteiger partial charge in [0.15, 0.2) is 0 Å². The second kappa shape index (κ2) is 6.68. The summed E-state index contributed by atoms with van der Waals surface area (Å²) in [5, 5.41) is 23.1. The van der Waals surface area contributed by atoms with Crippen LogP contribution in [0.3, 0.4) is 0 Å². The Morgan fingerprint density at radius 2 is 2.10 bits per heavy atom. The van der Waals surface area contributed by atoms with Crippen molar-refractivity contribution in [3.8, 4) is 0 Å². The maximum Gasteiger partial charge on any atom is 0.0898 e. The zero-order valence-electron chi connectivity index (χ0n) is 12.3. The van der Waals surface area contributed by atoms with Crippen LogP contribution in [0.1, 0.15) is 31.4 Å². The van der Waals surface area contributed by atoms with Crippen LogP contribution in [0.2, 0.25) is 0 Å². The van der Waals surface area contributed by atoms with E-state index in [1.54, 1.807) is 0 Å². The highest BCUT2D eigenvalue weighted by Gasteiger charge is 2.37. The smallest absolute Gasteiger partial charge is 0.0898 e. The molecule has 0 aliphatic heterocycles. The number of fused-ring (bicyclic) bond motifs is 1. The third-order valence-corrected chi connectivity index (χ3v) is 3.92. The number of ether oxygens (including phenoxy) is 1. The number of nitrogens with one attached hydrogen (secondary N) is 1. The molecule has 0 bridgehead atoms. The third kappa shape index (κ3) is 3.38. The third-order valence-electron chi connectivity index (χ3n) is 3.92. The summed E-state index contributed by atoms with van der Waals surface area (Å²) in [7, 11) is 0. The van der Waals surface area contributed by atoms with Crippen LogP contribution < -0.4 is 5.32 Å². The van der Waals surface area contributed by atoms with Gasteiger partial charge in [-0.3, -0.25) is 0 Å². The van der Waals surface area contributed by atoms with Crippen molar-refractivity contribution in [2.75, 3.05) is 19.8 Å². The van der Waals surface area contributed by atoms with E-state index in [0.29, 0.717) is 13.2 Å². The molecule has 4 nitrogen and oxygen atoms in total. The van der Waals surface area contributed by atoms with Crippen molar-refractivity contribution >= 4 is 0 Å². The van der Waals surface area contributed by atoms with Crippen molar-refractivity contribution in [3.63, 3.8) is 0 Å². The van der Waals surface area contributed by atoms with Gasteiger partial charge in [-0.05, 0) is 37.8 Å². The molecule has 0 radical (unpaired) electrons. The van der Waals surface area contributed by atoms with Crippen LogP contribution in [0.5, 0.6) is 0 Å². The Labute approximate surface area is 120 Å². The van der Waals surface area contributed by atoms with E-state index in [2.05, 4.69) is 17.4 Å². The van der Waals surface area contributed by atoms with Crippen molar-refractivity contribution in [2.45, 2.75) is 44.4 Å². The maximum absolute atomic E-state index is 9.95. The zero-order valence-corrected chi connectivity index (χ0v) is 12.3. The standard InChI is InChI=1S/C16H25NO3/c1-12(2)20-10-14(19)9-17-16(11-18)8-7-13-5-3-4-6-15(13)16/h3-6,12,14,17-19H,7-11H2,1-2H3. The van der Waals surface area contributed by atoms with E-state index in [0.717, 1.165) is 18.4 Å². The summed E-state index contributed by atoms with van der Waals surface area (Å²) in [6.45, 7) is 4.67. The molecular weight excluding hydrogens is 254 g/mol. The minimum absolute atomic E-state index is 0.0434. The summed E-state index contributed by atoms with van der Waals surface area (Å²) >= 11 is 0. The highest BCUT2D eigenvalue weighted by Crippen LogP contribution is 2.36. The van der Waals surface area contributed by atoms with E-state index in [1.807, 2.05) is 26.0 Å². The summed E-state index contributed by atoms with van der Waals surface area (Å²) in [4.78, 5) is 0. The van der Waals surface area contributed by atoms with E-state index < -0.39 is 11.6 Å². The predicted octanol–water partition coefficient (Wildman–Crippen LogP) is 1.20. The van der Waals surface area contributed by atoms with Crippen molar-refractivity contribution in [2.24, 2.45) is 0 Å². The second-order valence-corrected chi connectivity index (χ2v) is 5.81. The first-order valence-electron chi connectivity index (χ1n) is 7.31. The highest BCUT2D eigenvalue weighted by atomic mass is 16.5. The lowest BCUT2D eigenvalue weighted by Gasteiger charge is -2.31. The maximum atomic E-state index is 9.95. The Bertz CT molecular complexity index is 435. The lowest BCUT2D eigenvalue weighted by Crippen LogP contribution is -2.47. The minimum atomic E-state index is -0.561. The van der Waals surface area contributed by atoms with Gasteiger partial charge in [0.1, 0.15) is 0 Å². The van der Waals surface area contributed by atoms with E-state index in [4.69, 9.17) is 4.74 Å². The minimum Gasteiger partial charge on any atom is -0.394 e. The fourth-order valence-corrected chi connectivity index (χ4v) is 2.77. The van der Waals surface area contributed by atoms with Crippen molar-refractivity contribution in [1.82, 2.24) is 5.32 Å². The fraction of sp³-hybridized carbons (Fsp3) is 0.625. The van der Waals surface area contributed by atoms with Gasteiger partial charge in [-0.25, -0.2) is 0 Å². The topological polar surface area (TPSA) is 61.7 Å². The van der Waals surface area contributed by atoms with Gasteiger partial charge in [-0.2, -0.15) is 0 Å². The average molecular weight is 279 g/mol. The summed E-state index contributed by atoms with van der Waals surface area (Å²) in [6.07, 6.45) is 1.38. The highest BCUT2D eigenvalue weighted by molar-refractivity contribution is 5.38. The normalized spacial score (nSPS) is 23.1. The number of aliphatic hydroxyl groups excluding tert-OH is 2. The Morgan fingerprint density at radius 1 is 1.35 bits per heavy atom. The molecular formula is C16H25NO3. The Morgan fingerprint density at radius 3 is 2.80 bits per heavy atom. The molecule has 1 aromatic carbocycles. The van der Waals surface area contributed by atoms with E-state index in [1.165, 1.54) is 5.56 Å². The predicted molar refractivity (Wildman–Crippen MR) is 78.6 cm³/mol. The fourth-order valence-electron chi connectivity index (χ4n) is 2.77. The van der Waals surface area contributed by atoms with Gasteiger partial charge in [-0.15, -0.1) is 0 Å². The number of aliphatic hydroxyl groups is 2. The van der Waals surface area contributed by atoms with Crippen LogP contribution in [-0.2, 0) is 16.7 Å². The molecule has 0 fully saturated rings. The number of benzene rings is 1. The molecule has 1 aromatic rings. The SMILES string of the molecule is CC(C)OCC(O)CNC1(CO)CCc2ccccc21. The van der Waals surface area contributed by atoms with Crippen LogP contribution in [0.15, 0.2) is 24.3 Å². The molecule has 3 N–H and O–H groups in total. The Balaban J connectivity index is 1.97. The second-order valence-electron chi connectivity index (χ2n) is 5.81. The Kier molecular flexibility index (Phi) is 5.16. The molecule has 20 heavy (non-hydrogen) atoms. The molecule has 0 heterocycles. The monoisotopic (exact) mass is 279 g/mol. The number of hydrogen-bond donors (Lipinski definition) is 3. The van der Waals surface area contributed by atoms with Gasteiger partial charge in [0.25, 0.3) is 0 Å². The molecule has 2 rings (SSSR count). The van der Waals surface area contributed by atoms with Gasteiger partial charge in [0.2, 0.25) is 0 Å². The largest absolute Gasteiger partial charge is 0.394 e. The molecule has 2 atom stereocenters. The van der Waals surface area contributed by atoms with Crippen molar-refractivity contribution < 1.29 is 14.9 Å². The Hall–Kier alpha value is -0.940. The lowest BCUT2D eigenvalue weighted by molar-refractivity contribution is 0.00116. The molecule has 0 amide bonds. The zero-order chi connectivity index (χ0) is 14.6. The molecule has 0 aromatic heterocycles. The van der Waals surface area contributed by atoms with Crippen molar-refractivity contribution in [3.05, 3.63) is 35.4 Å². The molecule has 0 spiro atoms. The molecule has 1 aliphatic rings. The molecule has 0 saturated heterocycles. The summed E-state index contributed by atoms with van der Waals surface area (Å²) in [5.74, 6) is 0. The summed E-state index contributed by atoms with van der Waals surface area (Å²) in [6, 6.07) is 8.18. The summed E-state index contributed by atoms with van der Waals surface area (Å²) < 4.78 is 5.40. The number of hydrogen-bond acceptors (Lipinski definition) is 4. The first kappa shape index (κ1) is 15.4. The van der Waals surface area contributed by atoms with Crippen LogP contribution in [0.25, 0.3) is 0 Å². The quantitative estimate of drug-likeness (QED) is 0.702. The molecule has 112 valence electrons. The number of rotatable bonds is 7. The first-order valence-corrected chi connectivity index (χ1v) is 7.31. The van der Waals surface area contributed by atoms with Gasteiger partial charge in [-0.1, -0.05) is 24.3 Å². The van der Waals surface area contributed by atoms with Crippen LogP contribution >= 0.6 is 0 Å². The van der Waals surface area contributed by atoms with Gasteiger partial charge in [0.05, 0.1) is 31.0 Å². The average Bonchev–Trinajstić information content (AvgIpc) is 2.82. The molecule has 1 aliphatic carbocycles. The van der Waals surface area contributed by atoms with Gasteiger partial charge in [0, 0.05) is 6.54 Å². The number of aryl methyl sites for hydroxylation is 1. The first-order chi connectivity index (χ1) is 9.57. The molecule has 2 unspecified atom stereocenters.